The van der Waals surface area contributed by atoms with Gasteiger partial charge in [0.1, 0.15) is 0 Å². The molecule has 2 aliphatic rings. The standard InChI is InChI=1S/C40H26N2O4/c1-21-5-3-7-23(17-21)19-41-37(43)29-13-9-25-27-11-15-31-36-32(40(46)42(39(31)45)20-24-8-4-6-22(2)18-24)16-12-28(34(27)36)26-10-14-30(38(41)44)35(29)33(25)26/h3-18H,19-20H2,1-2H3. The molecule has 0 radical (unpaired) electrons. The summed E-state index contributed by atoms with van der Waals surface area (Å²) in [6, 6.07) is 30.6. The summed E-state index contributed by atoms with van der Waals surface area (Å²) >= 11 is 0. The molecule has 0 aromatic heterocycles. The van der Waals surface area contributed by atoms with Gasteiger partial charge in [-0.25, -0.2) is 0 Å². The minimum atomic E-state index is -0.316. The van der Waals surface area contributed by atoms with E-state index in [1.54, 1.807) is 0 Å². The summed E-state index contributed by atoms with van der Waals surface area (Å²) in [5.41, 5.74) is 5.90. The molecule has 2 aliphatic heterocycles. The Kier molecular flexibility index (Phi) is 5.37. The molecule has 0 N–H and O–H groups in total. The zero-order valence-corrected chi connectivity index (χ0v) is 25.2. The number of benzene rings is 7. The Balaban J connectivity index is 1.23. The Morgan fingerprint density at radius 3 is 1.04 bits per heavy atom. The van der Waals surface area contributed by atoms with Gasteiger partial charge in [0.15, 0.2) is 0 Å². The molecule has 0 aliphatic carbocycles. The van der Waals surface area contributed by atoms with E-state index >= 15 is 0 Å². The highest BCUT2D eigenvalue weighted by atomic mass is 16.2. The minimum absolute atomic E-state index is 0.195. The molecule has 6 nitrogen and oxygen atoms in total. The molecule has 46 heavy (non-hydrogen) atoms. The van der Waals surface area contributed by atoms with Crippen LogP contribution in [0.1, 0.15) is 63.7 Å². The van der Waals surface area contributed by atoms with Crippen LogP contribution in [0.15, 0.2) is 97.1 Å². The van der Waals surface area contributed by atoms with Crippen LogP contribution < -0.4 is 0 Å². The highest BCUT2D eigenvalue weighted by molar-refractivity contribution is 6.41. The van der Waals surface area contributed by atoms with Crippen LogP contribution in [0.4, 0.5) is 0 Å². The first-order valence-corrected chi connectivity index (χ1v) is 15.3. The van der Waals surface area contributed by atoms with Gasteiger partial charge in [0.25, 0.3) is 23.6 Å². The van der Waals surface area contributed by atoms with Crippen molar-refractivity contribution in [2.45, 2.75) is 26.9 Å². The first-order valence-electron chi connectivity index (χ1n) is 15.3. The molecular formula is C40H26N2O4. The van der Waals surface area contributed by atoms with E-state index in [-0.39, 0.29) is 36.7 Å². The van der Waals surface area contributed by atoms with Crippen molar-refractivity contribution < 1.29 is 19.2 Å². The van der Waals surface area contributed by atoms with Crippen molar-refractivity contribution in [1.29, 1.82) is 0 Å². The van der Waals surface area contributed by atoms with Crippen molar-refractivity contribution in [2.24, 2.45) is 0 Å². The van der Waals surface area contributed by atoms with Crippen LogP contribution in [0.3, 0.4) is 0 Å². The van der Waals surface area contributed by atoms with Crippen molar-refractivity contribution >= 4 is 66.7 Å². The van der Waals surface area contributed by atoms with Crippen LogP contribution in [-0.4, -0.2) is 33.4 Å². The maximum absolute atomic E-state index is 13.9. The van der Waals surface area contributed by atoms with E-state index in [9.17, 15) is 19.2 Å². The van der Waals surface area contributed by atoms with Crippen molar-refractivity contribution in [1.82, 2.24) is 9.80 Å². The first-order chi connectivity index (χ1) is 22.3. The topological polar surface area (TPSA) is 74.8 Å². The van der Waals surface area contributed by atoms with Gasteiger partial charge in [-0.2, -0.15) is 0 Å². The Bertz CT molecular complexity index is 2250. The van der Waals surface area contributed by atoms with Crippen molar-refractivity contribution in [2.75, 3.05) is 0 Å². The summed E-state index contributed by atoms with van der Waals surface area (Å²) in [5, 5.41) is 6.50. The number of carbonyl (C=O) groups is 4. The van der Waals surface area contributed by atoms with E-state index in [0.29, 0.717) is 33.0 Å². The normalized spacial score (nSPS) is 14.6. The van der Waals surface area contributed by atoms with E-state index in [1.165, 1.54) is 9.80 Å². The Hall–Kier alpha value is -5.88. The SMILES string of the molecule is Cc1cccc(CN2C(=O)c3ccc4c5ccc6c7c(ccc(c8ccc(c3c48)C2=O)c75)C(=O)N(Cc2cccc(C)c2)C6=O)c1. The Morgan fingerprint density at radius 2 is 0.739 bits per heavy atom. The molecular weight excluding hydrogens is 572 g/mol. The highest BCUT2D eigenvalue weighted by Crippen LogP contribution is 2.46. The average Bonchev–Trinajstić information content (AvgIpc) is 3.05. The maximum atomic E-state index is 13.9. The molecule has 7 aromatic carbocycles. The maximum Gasteiger partial charge on any atom is 0.261 e. The van der Waals surface area contributed by atoms with Crippen LogP contribution in [0.25, 0.3) is 43.1 Å². The van der Waals surface area contributed by atoms with E-state index < -0.39 is 0 Å². The summed E-state index contributed by atoms with van der Waals surface area (Å²) in [5.74, 6) is -1.26. The molecule has 2 heterocycles. The second-order valence-electron chi connectivity index (χ2n) is 12.5. The number of nitrogens with zero attached hydrogens (tertiary/aromatic N) is 2. The predicted octanol–water partition coefficient (Wildman–Crippen LogP) is 7.95. The van der Waals surface area contributed by atoms with Crippen LogP contribution in [-0.2, 0) is 13.1 Å². The molecule has 6 heteroatoms. The number of hydrogen-bond acceptors (Lipinski definition) is 4. The fraction of sp³-hybridized carbons (Fsp3) is 0.100. The summed E-state index contributed by atoms with van der Waals surface area (Å²) in [6.07, 6.45) is 0. The number of amides is 4. The summed E-state index contributed by atoms with van der Waals surface area (Å²) in [6.45, 7) is 4.36. The lowest BCUT2D eigenvalue weighted by molar-refractivity contribution is 0.0583. The molecule has 4 amide bonds. The Labute approximate surface area is 263 Å². The fourth-order valence-corrected chi connectivity index (χ4v) is 7.64. The van der Waals surface area contributed by atoms with Gasteiger partial charge >= 0.3 is 0 Å². The summed E-state index contributed by atoms with van der Waals surface area (Å²) in [4.78, 5) is 58.2. The zero-order valence-electron chi connectivity index (χ0n) is 25.2. The van der Waals surface area contributed by atoms with E-state index in [0.717, 1.165) is 54.6 Å². The minimum Gasteiger partial charge on any atom is -0.270 e. The van der Waals surface area contributed by atoms with Crippen LogP contribution in [0, 0.1) is 13.8 Å². The van der Waals surface area contributed by atoms with E-state index in [1.807, 2.05) is 111 Å². The van der Waals surface area contributed by atoms with Gasteiger partial charge in [0.05, 0.1) is 13.1 Å². The van der Waals surface area contributed by atoms with Crippen molar-refractivity contribution in [3.63, 3.8) is 0 Å². The van der Waals surface area contributed by atoms with Crippen molar-refractivity contribution in [3.05, 3.63) is 142 Å². The molecule has 0 spiro atoms. The highest BCUT2D eigenvalue weighted by Gasteiger charge is 2.37. The van der Waals surface area contributed by atoms with Crippen LogP contribution >= 0.6 is 0 Å². The fourth-order valence-electron chi connectivity index (χ4n) is 7.64. The molecule has 0 saturated heterocycles. The smallest absolute Gasteiger partial charge is 0.261 e. The number of rotatable bonds is 4. The summed E-state index contributed by atoms with van der Waals surface area (Å²) < 4.78 is 0. The van der Waals surface area contributed by atoms with Crippen molar-refractivity contribution in [3.8, 4) is 0 Å². The van der Waals surface area contributed by atoms with Crippen LogP contribution in [0.5, 0.6) is 0 Å². The molecule has 0 unspecified atom stereocenters. The molecule has 9 rings (SSSR count). The van der Waals surface area contributed by atoms with Gasteiger partial charge in [-0.05, 0) is 81.6 Å². The van der Waals surface area contributed by atoms with Gasteiger partial charge in [0.2, 0.25) is 0 Å². The first kappa shape index (κ1) is 26.5. The molecule has 0 bridgehead atoms. The monoisotopic (exact) mass is 598 g/mol. The second kappa shape index (κ2) is 9.31. The van der Waals surface area contributed by atoms with Gasteiger partial charge < -0.3 is 0 Å². The number of hydrogen-bond donors (Lipinski definition) is 0. The van der Waals surface area contributed by atoms with E-state index in [4.69, 9.17) is 0 Å². The summed E-state index contributed by atoms with van der Waals surface area (Å²) in [7, 11) is 0. The lowest BCUT2D eigenvalue weighted by Gasteiger charge is -2.30. The van der Waals surface area contributed by atoms with Crippen LogP contribution in [0.2, 0.25) is 0 Å². The largest absolute Gasteiger partial charge is 0.270 e. The molecule has 0 fully saturated rings. The van der Waals surface area contributed by atoms with Gasteiger partial charge in [-0.15, -0.1) is 0 Å². The number of fused-ring (bicyclic) bond motifs is 2. The van der Waals surface area contributed by atoms with Gasteiger partial charge in [-0.3, -0.25) is 29.0 Å². The lowest BCUT2D eigenvalue weighted by Crippen LogP contribution is -2.40. The molecule has 0 saturated carbocycles. The third-order valence-electron chi connectivity index (χ3n) is 9.65. The number of imide groups is 2. The Morgan fingerprint density at radius 1 is 0.413 bits per heavy atom. The third-order valence-corrected chi connectivity index (χ3v) is 9.65. The lowest BCUT2D eigenvalue weighted by atomic mass is 9.82. The predicted molar refractivity (Wildman–Crippen MR) is 178 cm³/mol. The number of carbonyl (C=O) groups excluding carboxylic acids is 4. The molecule has 7 aromatic rings. The quantitative estimate of drug-likeness (QED) is 0.117. The van der Waals surface area contributed by atoms with Gasteiger partial charge in [0, 0.05) is 33.0 Å². The molecule has 0 atom stereocenters. The van der Waals surface area contributed by atoms with E-state index in [2.05, 4.69) is 0 Å². The average molecular weight is 599 g/mol. The van der Waals surface area contributed by atoms with Gasteiger partial charge in [-0.1, -0.05) is 83.9 Å². The second-order valence-corrected chi connectivity index (χ2v) is 12.5. The third kappa shape index (κ3) is 3.52. The number of aryl methyl sites for hydroxylation is 2. The zero-order chi connectivity index (χ0) is 31.4. The molecule has 220 valence electrons.